The van der Waals surface area contributed by atoms with E-state index in [1.807, 2.05) is 31.2 Å². The lowest BCUT2D eigenvalue weighted by atomic mass is 9.85. The van der Waals surface area contributed by atoms with Crippen molar-refractivity contribution in [3.63, 3.8) is 0 Å². The van der Waals surface area contributed by atoms with Gasteiger partial charge in [0.1, 0.15) is 22.5 Å². The van der Waals surface area contributed by atoms with Crippen LogP contribution in [0.4, 0.5) is 4.39 Å². The summed E-state index contributed by atoms with van der Waals surface area (Å²) in [6.45, 7) is 13.4. The van der Waals surface area contributed by atoms with E-state index >= 15 is 4.39 Å². The van der Waals surface area contributed by atoms with Gasteiger partial charge in [-0.05, 0) is 85.5 Å². The predicted octanol–water partition coefficient (Wildman–Crippen LogP) is 12.5. The van der Waals surface area contributed by atoms with Gasteiger partial charge in [-0.1, -0.05) is 116 Å². The van der Waals surface area contributed by atoms with Gasteiger partial charge in [0, 0.05) is 32.8 Å². The van der Waals surface area contributed by atoms with Crippen LogP contribution in [0.3, 0.4) is 0 Å². The maximum absolute atomic E-state index is 17.4. The van der Waals surface area contributed by atoms with Crippen LogP contribution < -0.4 is 14.3 Å². The number of halogens is 1. The quantitative estimate of drug-likeness (QED) is 0.131. The van der Waals surface area contributed by atoms with E-state index in [0.717, 1.165) is 99.9 Å². The van der Waals surface area contributed by atoms with Gasteiger partial charge in [0.05, 0.1) is 24.8 Å². The lowest BCUT2D eigenvalue weighted by molar-refractivity contribution is -0.944. The number of nitrogens with zero attached hydrogens (tertiary/aromatic N) is 3. The first-order valence-corrected chi connectivity index (χ1v) is 25.0. The lowest BCUT2D eigenvalue weighted by Gasteiger charge is -2.24. The summed E-state index contributed by atoms with van der Waals surface area (Å²) < 4.78 is 38.8. The topological polar surface area (TPSA) is 39.0 Å². The molecule has 0 saturated heterocycles. The van der Waals surface area contributed by atoms with E-state index in [-0.39, 0.29) is 5.82 Å². The van der Waals surface area contributed by atoms with Crippen molar-refractivity contribution in [3.05, 3.63) is 179 Å². The van der Waals surface area contributed by atoms with E-state index in [1.54, 1.807) is 0 Å². The highest BCUT2D eigenvalue weighted by atomic mass is 28.3. The SMILES string of the molecule is Cc1ccc(-c2cc3c(c4oc5ccccc5c24)-c2n(-c4cccc5c4oc4ccccc45)c4ccccc4[n+]2C32c3ccc(C)c(F)c3-c3cc(C)c([Si](C)(C)C)c[n+]32)cc1. The zero-order valence-electron chi connectivity index (χ0n) is 35.4. The number of pyridine rings is 1. The summed E-state index contributed by atoms with van der Waals surface area (Å²) in [5, 5.41) is 5.55. The van der Waals surface area contributed by atoms with Gasteiger partial charge < -0.3 is 8.83 Å². The Bertz CT molecular complexity index is 3790. The summed E-state index contributed by atoms with van der Waals surface area (Å²) >= 11 is 0. The average molecular weight is 824 g/mol. The van der Waals surface area contributed by atoms with Crippen molar-refractivity contribution in [2.75, 3.05) is 0 Å². The maximum Gasteiger partial charge on any atom is 0.365 e. The zero-order valence-corrected chi connectivity index (χ0v) is 36.4. The Morgan fingerprint density at radius 3 is 2.11 bits per heavy atom. The number of imidazole rings is 1. The largest absolute Gasteiger partial charge is 0.455 e. The van der Waals surface area contributed by atoms with E-state index in [4.69, 9.17) is 8.83 Å². The number of hydrogen-bond donors (Lipinski definition) is 0. The van der Waals surface area contributed by atoms with E-state index in [0.29, 0.717) is 11.1 Å². The first-order valence-electron chi connectivity index (χ1n) is 21.5. The van der Waals surface area contributed by atoms with Crippen molar-refractivity contribution in [2.45, 2.75) is 46.1 Å². The lowest BCUT2D eigenvalue weighted by Crippen LogP contribution is -2.72. The molecule has 5 nitrogen and oxygen atoms in total. The monoisotopic (exact) mass is 823 g/mol. The smallest absolute Gasteiger partial charge is 0.365 e. The third-order valence-corrected chi connectivity index (χ3v) is 15.9. The third kappa shape index (κ3) is 4.36. The van der Waals surface area contributed by atoms with Crippen molar-refractivity contribution in [2.24, 2.45) is 0 Å². The highest BCUT2D eigenvalue weighted by Gasteiger charge is 2.68. The minimum absolute atomic E-state index is 0.191. The molecule has 13 rings (SSSR count). The molecule has 7 heteroatoms. The Labute approximate surface area is 358 Å². The van der Waals surface area contributed by atoms with E-state index in [2.05, 4.69) is 169 Å². The highest BCUT2D eigenvalue weighted by Crippen LogP contribution is 2.55. The molecule has 1 spiro atoms. The van der Waals surface area contributed by atoms with Crippen LogP contribution in [0, 0.1) is 26.6 Å². The van der Waals surface area contributed by atoms with Crippen LogP contribution in [-0.4, -0.2) is 12.6 Å². The fraction of sp³-hybridized carbons (Fsp3) is 0.127. The van der Waals surface area contributed by atoms with Gasteiger partial charge in [-0.2, -0.15) is 4.57 Å². The molecule has 4 aromatic heterocycles. The fourth-order valence-corrected chi connectivity index (χ4v) is 12.9. The predicted molar refractivity (Wildman–Crippen MR) is 250 cm³/mol. The Hall–Kier alpha value is -7.09. The summed E-state index contributed by atoms with van der Waals surface area (Å²) in [6.07, 6.45) is 2.37. The Morgan fingerprint density at radius 1 is 0.629 bits per heavy atom. The number of rotatable bonds is 3. The molecule has 0 N–H and O–H groups in total. The van der Waals surface area contributed by atoms with Crippen molar-refractivity contribution < 1.29 is 22.4 Å². The second kappa shape index (κ2) is 12.0. The van der Waals surface area contributed by atoms with Gasteiger partial charge in [0.2, 0.25) is 5.69 Å². The first kappa shape index (κ1) is 35.6. The molecular weight excluding hydrogens is 782 g/mol. The average Bonchev–Trinajstić information content (AvgIpc) is 4.06. The Kier molecular flexibility index (Phi) is 6.93. The highest BCUT2D eigenvalue weighted by molar-refractivity contribution is 6.89. The molecule has 0 fully saturated rings. The summed E-state index contributed by atoms with van der Waals surface area (Å²) in [4.78, 5) is 0. The van der Waals surface area contributed by atoms with Gasteiger partial charge in [-0.3, -0.25) is 0 Å². The van der Waals surface area contributed by atoms with Gasteiger partial charge in [-0.25, -0.2) is 4.39 Å². The van der Waals surface area contributed by atoms with Crippen molar-refractivity contribution in [1.29, 1.82) is 0 Å². The number of benzene rings is 7. The molecule has 0 amide bonds. The molecule has 62 heavy (non-hydrogen) atoms. The number of aryl methyl sites for hydroxylation is 3. The van der Waals surface area contributed by atoms with Gasteiger partial charge in [0.15, 0.2) is 34.1 Å². The molecule has 1 unspecified atom stereocenters. The Morgan fingerprint density at radius 2 is 1.32 bits per heavy atom. The standard InChI is InChI=1S/C55H42FN3O2Si/c1-31-22-25-34(26-23-31)38-29-40-50(53-48(38)37-15-8-12-21-46(37)61-53)54-58(43-19-13-16-36-35-14-7-11-20-45(35)60-52(36)43)41-17-9-10-18-42(41)59(54)55(40)39-27-24-32(2)51(56)49(39)44-28-33(3)47(30-57(44)55)62(4,5)6/h7-30H,1-6H3/q+2. The van der Waals surface area contributed by atoms with Crippen LogP contribution >= 0.6 is 0 Å². The normalized spacial score (nSPS) is 15.4. The molecule has 6 heterocycles. The molecule has 2 aliphatic rings. The molecule has 2 aliphatic heterocycles. The van der Waals surface area contributed by atoms with Crippen LogP contribution in [0.2, 0.25) is 19.6 Å². The molecule has 0 radical (unpaired) electrons. The van der Waals surface area contributed by atoms with Crippen LogP contribution in [0.15, 0.2) is 155 Å². The summed E-state index contributed by atoms with van der Waals surface area (Å²) in [6, 6.07) is 49.3. The Balaban J connectivity index is 1.31. The first-order chi connectivity index (χ1) is 30.1. The maximum atomic E-state index is 17.4. The number of furan rings is 2. The molecular formula is C55H42FN3O2Si+2. The molecule has 0 saturated carbocycles. The van der Waals surface area contributed by atoms with Crippen LogP contribution in [-0.2, 0) is 5.66 Å². The minimum atomic E-state index is -1.94. The fourth-order valence-electron chi connectivity index (χ4n) is 11.1. The van der Waals surface area contributed by atoms with Crippen molar-refractivity contribution in [3.8, 4) is 39.5 Å². The zero-order chi connectivity index (χ0) is 42.0. The second-order valence-corrected chi connectivity index (χ2v) is 23.5. The second-order valence-electron chi connectivity index (χ2n) is 18.4. The van der Waals surface area contributed by atoms with Gasteiger partial charge in [0.25, 0.3) is 0 Å². The van der Waals surface area contributed by atoms with Crippen molar-refractivity contribution in [1.82, 2.24) is 4.57 Å². The van der Waals surface area contributed by atoms with Crippen molar-refractivity contribution >= 4 is 68.2 Å². The molecule has 0 aliphatic carbocycles. The molecule has 298 valence electrons. The minimum Gasteiger partial charge on any atom is -0.455 e. The number of fused-ring (bicyclic) bond motifs is 19. The molecule has 7 aromatic carbocycles. The molecule has 0 bridgehead atoms. The van der Waals surface area contributed by atoms with E-state index < -0.39 is 13.7 Å². The number of para-hydroxylation sites is 5. The van der Waals surface area contributed by atoms with Crippen LogP contribution in [0.25, 0.3) is 94.4 Å². The van der Waals surface area contributed by atoms with E-state index in [1.165, 1.54) is 16.3 Å². The summed E-state index contributed by atoms with van der Waals surface area (Å²) in [5.41, 5.74) is 14.7. The van der Waals surface area contributed by atoms with Crippen LogP contribution in [0.1, 0.15) is 27.8 Å². The number of aromatic nitrogens is 3. The van der Waals surface area contributed by atoms with Crippen LogP contribution in [0.5, 0.6) is 0 Å². The van der Waals surface area contributed by atoms with Gasteiger partial charge in [-0.15, -0.1) is 9.13 Å². The summed E-state index contributed by atoms with van der Waals surface area (Å²) in [5.74, 6) is 0.749. The molecule has 1 atom stereocenters. The molecule has 11 aromatic rings. The number of hydrogen-bond acceptors (Lipinski definition) is 2. The summed E-state index contributed by atoms with van der Waals surface area (Å²) in [7, 11) is -1.94. The van der Waals surface area contributed by atoms with Gasteiger partial charge >= 0.3 is 11.5 Å². The third-order valence-electron chi connectivity index (χ3n) is 13.8. The van der Waals surface area contributed by atoms with E-state index in [9.17, 15) is 0 Å².